The van der Waals surface area contributed by atoms with E-state index in [4.69, 9.17) is 15.2 Å². The molecule has 1 heterocycles. The van der Waals surface area contributed by atoms with Crippen molar-refractivity contribution >= 4 is 11.8 Å². The van der Waals surface area contributed by atoms with Crippen molar-refractivity contribution in [1.82, 2.24) is 0 Å². The zero-order chi connectivity index (χ0) is 16.4. The lowest BCUT2D eigenvalue weighted by atomic mass is 10.0. The number of hydrogen-bond acceptors (Lipinski definition) is 4. The third-order valence-corrected chi connectivity index (χ3v) is 4.07. The predicted octanol–water partition coefficient (Wildman–Crippen LogP) is 4.35. The van der Waals surface area contributed by atoms with Gasteiger partial charge in [0.25, 0.3) is 0 Å². The van der Waals surface area contributed by atoms with Crippen LogP contribution in [0.4, 0.5) is 13.2 Å². The van der Waals surface area contributed by atoms with E-state index >= 15 is 0 Å². The molecule has 3 rings (SSSR count). The minimum absolute atomic E-state index is 0.00474. The fraction of sp³-hybridized carbons (Fsp3) is 0.250. The van der Waals surface area contributed by atoms with Crippen molar-refractivity contribution in [3.05, 3.63) is 48.0 Å². The van der Waals surface area contributed by atoms with Gasteiger partial charge in [0, 0.05) is 6.04 Å². The standard InChI is InChI=1S/C16H14F3NO2S/c17-16(18,19)23-14-7-2-1-5-12(14)22-13-6-3-4-10-8-11(20)9-21-15(10)13/h1-7,11H,8-9,20H2. The van der Waals surface area contributed by atoms with Gasteiger partial charge >= 0.3 is 5.51 Å². The first-order valence-electron chi connectivity index (χ1n) is 6.95. The normalized spacial score (nSPS) is 17.3. The van der Waals surface area contributed by atoms with E-state index in [2.05, 4.69) is 0 Å². The van der Waals surface area contributed by atoms with Gasteiger partial charge in [-0.05, 0) is 41.9 Å². The van der Waals surface area contributed by atoms with Crippen molar-refractivity contribution in [2.45, 2.75) is 22.9 Å². The van der Waals surface area contributed by atoms with Crippen LogP contribution in [-0.2, 0) is 6.42 Å². The van der Waals surface area contributed by atoms with Crippen molar-refractivity contribution < 1.29 is 22.6 Å². The highest BCUT2D eigenvalue weighted by molar-refractivity contribution is 8.00. The third kappa shape index (κ3) is 3.92. The Balaban J connectivity index is 1.90. The van der Waals surface area contributed by atoms with Gasteiger partial charge in [-0.2, -0.15) is 13.2 Å². The quantitative estimate of drug-likeness (QED) is 0.843. The molecule has 122 valence electrons. The number of hydrogen-bond donors (Lipinski definition) is 1. The molecular formula is C16H14F3NO2S. The molecule has 0 amide bonds. The van der Waals surface area contributed by atoms with E-state index in [9.17, 15) is 13.2 Å². The summed E-state index contributed by atoms with van der Waals surface area (Å²) in [6, 6.07) is 11.3. The molecule has 0 saturated carbocycles. The molecule has 0 spiro atoms. The summed E-state index contributed by atoms with van der Waals surface area (Å²) in [4.78, 5) is 0.00474. The Morgan fingerprint density at radius 1 is 1.09 bits per heavy atom. The fourth-order valence-corrected chi connectivity index (χ4v) is 2.97. The van der Waals surface area contributed by atoms with Crippen molar-refractivity contribution in [3.63, 3.8) is 0 Å². The Hall–Kier alpha value is -1.86. The van der Waals surface area contributed by atoms with E-state index in [-0.39, 0.29) is 28.4 Å². The van der Waals surface area contributed by atoms with Crippen LogP contribution in [0.3, 0.4) is 0 Å². The molecule has 0 radical (unpaired) electrons. The lowest BCUT2D eigenvalue weighted by Gasteiger charge is -2.24. The molecule has 1 unspecified atom stereocenters. The SMILES string of the molecule is NC1COc2c(cccc2Oc2ccccc2SC(F)(F)F)C1. The Morgan fingerprint density at radius 3 is 2.61 bits per heavy atom. The highest BCUT2D eigenvalue weighted by atomic mass is 32.2. The number of benzene rings is 2. The molecule has 0 aromatic heterocycles. The minimum atomic E-state index is -4.38. The van der Waals surface area contributed by atoms with Gasteiger partial charge in [0.05, 0.1) is 4.90 Å². The van der Waals surface area contributed by atoms with Crippen LogP contribution in [0.25, 0.3) is 0 Å². The lowest BCUT2D eigenvalue weighted by Crippen LogP contribution is -2.33. The number of nitrogens with two attached hydrogens (primary N) is 1. The molecule has 2 N–H and O–H groups in total. The summed E-state index contributed by atoms with van der Waals surface area (Å²) in [7, 11) is 0. The summed E-state index contributed by atoms with van der Waals surface area (Å²) in [6.07, 6.45) is 0.644. The molecule has 23 heavy (non-hydrogen) atoms. The highest BCUT2D eigenvalue weighted by Crippen LogP contribution is 2.44. The van der Waals surface area contributed by atoms with Crippen molar-refractivity contribution in [2.24, 2.45) is 5.73 Å². The molecule has 1 atom stereocenters. The topological polar surface area (TPSA) is 44.5 Å². The van der Waals surface area contributed by atoms with Crippen LogP contribution < -0.4 is 15.2 Å². The van der Waals surface area contributed by atoms with E-state index in [0.29, 0.717) is 24.5 Å². The molecule has 0 bridgehead atoms. The zero-order valence-corrected chi connectivity index (χ0v) is 12.8. The molecule has 1 aliphatic rings. The van der Waals surface area contributed by atoms with Gasteiger partial charge in [-0.15, -0.1) is 0 Å². The third-order valence-electron chi connectivity index (χ3n) is 3.28. The number of halogens is 3. The predicted molar refractivity (Wildman–Crippen MR) is 82.0 cm³/mol. The van der Waals surface area contributed by atoms with E-state index in [0.717, 1.165) is 5.56 Å². The van der Waals surface area contributed by atoms with E-state index in [1.807, 2.05) is 6.07 Å². The van der Waals surface area contributed by atoms with Crippen LogP contribution in [0.15, 0.2) is 47.4 Å². The number of fused-ring (bicyclic) bond motifs is 1. The first kappa shape index (κ1) is 16.0. The summed E-state index contributed by atoms with van der Waals surface area (Å²) in [5.74, 6) is 1.08. The number of rotatable bonds is 3. The monoisotopic (exact) mass is 341 g/mol. The number of para-hydroxylation sites is 2. The maximum absolute atomic E-state index is 12.6. The van der Waals surface area contributed by atoms with Crippen LogP contribution in [-0.4, -0.2) is 18.2 Å². The average molecular weight is 341 g/mol. The fourth-order valence-electron chi connectivity index (χ4n) is 2.36. The molecular weight excluding hydrogens is 327 g/mol. The second kappa shape index (κ2) is 6.33. The summed E-state index contributed by atoms with van der Waals surface area (Å²) < 4.78 is 49.2. The van der Waals surface area contributed by atoms with E-state index in [1.54, 1.807) is 18.2 Å². The molecule has 1 aliphatic heterocycles. The van der Waals surface area contributed by atoms with Crippen LogP contribution in [0, 0.1) is 0 Å². The Kier molecular flexibility index (Phi) is 4.41. The first-order valence-corrected chi connectivity index (χ1v) is 7.77. The molecule has 2 aromatic carbocycles. The Bertz CT molecular complexity index is 706. The van der Waals surface area contributed by atoms with Crippen molar-refractivity contribution in [1.29, 1.82) is 0 Å². The van der Waals surface area contributed by atoms with Crippen LogP contribution >= 0.6 is 11.8 Å². The maximum atomic E-state index is 12.6. The molecule has 0 fully saturated rings. The van der Waals surface area contributed by atoms with Crippen molar-refractivity contribution in [3.8, 4) is 17.2 Å². The Morgan fingerprint density at radius 2 is 1.83 bits per heavy atom. The zero-order valence-electron chi connectivity index (χ0n) is 12.0. The highest BCUT2D eigenvalue weighted by Gasteiger charge is 2.31. The second-order valence-corrected chi connectivity index (χ2v) is 6.22. The van der Waals surface area contributed by atoms with E-state index < -0.39 is 5.51 Å². The van der Waals surface area contributed by atoms with Crippen LogP contribution in [0.2, 0.25) is 0 Å². The lowest BCUT2D eigenvalue weighted by molar-refractivity contribution is -0.0328. The summed E-state index contributed by atoms with van der Waals surface area (Å²) in [5, 5.41) is 0. The number of alkyl halides is 3. The second-order valence-electron chi connectivity index (χ2n) is 5.12. The van der Waals surface area contributed by atoms with Gasteiger partial charge in [0.2, 0.25) is 0 Å². The molecule has 3 nitrogen and oxygen atoms in total. The van der Waals surface area contributed by atoms with Gasteiger partial charge in [0.15, 0.2) is 11.5 Å². The minimum Gasteiger partial charge on any atom is -0.488 e. The Labute approximate surface area is 135 Å². The maximum Gasteiger partial charge on any atom is 0.446 e. The average Bonchev–Trinajstić information content (AvgIpc) is 2.47. The largest absolute Gasteiger partial charge is 0.488 e. The number of thioether (sulfide) groups is 1. The van der Waals surface area contributed by atoms with Gasteiger partial charge in [0.1, 0.15) is 12.4 Å². The molecule has 0 aliphatic carbocycles. The van der Waals surface area contributed by atoms with Crippen LogP contribution in [0.1, 0.15) is 5.56 Å². The first-order chi connectivity index (χ1) is 10.9. The molecule has 7 heteroatoms. The molecule has 0 saturated heterocycles. The number of ether oxygens (including phenoxy) is 2. The van der Waals surface area contributed by atoms with Gasteiger partial charge in [-0.1, -0.05) is 24.3 Å². The summed E-state index contributed by atoms with van der Waals surface area (Å²) in [5.41, 5.74) is 2.37. The van der Waals surface area contributed by atoms with Gasteiger partial charge in [-0.3, -0.25) is 0 Å². The van der Waals surface area contributed by atoms with E-state index in [1.165, 1.54) is 18.2 Å². The van der Waals surface area contributed by atoms with Gasteiger partial charge < -0.3 is 15.2 Å². The van der Waals surface area contributed by atoms with Crippen molar-refractivity contribution in [2.75, 3.05) is 6.61 Å². The summed E-state index contributed by atoms with van der Waals surface area (Å²) >= 11 is -0.201. The van der Waals surface area contributed by atoms with Gasteiger partial charge in [-0.25, -0.2) is 0 Å². The van der Waals surface area contributed by atoms with Crippen LogP contribution in [0.5, 0.6) is 17.2 Å². The summed E-state index contributed by atoms with van der Waals surface area (Å²) in [6.45, 7) is 0.353. The molecule has 2 aromatic rings. The smallest absolute Gasteiger partial charge is 0.446 e.